The van der Waals surface area contributed by atoms with E-state index in [0.717, 1.165) is 0 Å². The van der Waals surface area contributed by atoms with E-state index < -0.39 is 12.0 Å². The van der Waals surface area contributed by atoms with E-state index in [1.807, 2.05) is 13.8 Å². The molecule has 0 aliphatic carbocycles. The molecule has 1 unspecified atom stereocenters. The highest BCUT2D eigenvalue weighted by Gasteiger charge is 2.27. The summed E-state index contributed by atoms with van der Waals surface area (Å²) in [6.07, 6.45) is 1.68. The number of hydrogen-bond donors (Lipinski definition) is 3. The van der Waals surface area contributed by atoms with Crippen molar-refractivity contribution in [3.63, 3.8) is 0 Å². The molecule has 2 amide bonds. The highest BCUT2D eigenvalue weighted by Crippen LogP contribution is 2.26. The summed E-state index contributed by atoms with van der Waals surface area (Å²) < 4.78 is 1.80. The molecule has 0 bridgehead atoms. The maximum Gasteiger partial charge on any atom is 0.335 e. The van der Waals surface area contributed by atoms with Crippen molar-refractivity contribution in [3.05, 3.63) is 83.2 Å². The van der Waals surface area contributed by atoms with Gasteiger partial charge in [0.05, 0.1) is 27.9 Å². The van der Waals surface area contributed by atoms with Crippen LogP contribution in [-0.4, -0.2) is 43.4 Å². The lowest BCUT2D eigenvalue weighted by molar-refractivity contribution is -0.113. The maximum absolute atomic E-state index is 12.9. The van der Waals surface area contributed by atoms with Crippen molar-refractivity contribution in [1.82, 2.24) is 20.1 Å². The monoisotopic (exact) mass is 527 g/mol. The van der Waals surface area contributed by atoms with Crippen molar-refractivity contribution in [3.8, 4) is 0 Å². The minimum Gasteiger partial charge on any atom is -0.478 e. The molecule has 3 aromatic rings. The topological polar surface area (TPSA) is 126 Å². The van der Waals surface area contributed by atoms with Crippen molar-refractivity contribution >= 4 is 46.8 Å². The van der Waals surface area contributed by atoms with E-state index in [1.54, 1.807) is 47.0 Å². The minimum atomic E-state index is -1.08. The van der Waals surface area contributed by atoms with Gasteiger partial charge >= 0.3 is 5.97 Å². The van der Waals surface area contributed by atoms with Crippen LogP contribution in [0.3, 0.4) is 0 Å². The first-order valence-electron chi connectivity index (χ1n) is 11.1. The van der Waals surface area contributed by atoms with Crippen LogP contribution in [0.15, 0.2) is 66.3 Å². The van der Waals surface area contributed by atoms with Gasteiger partial charge in [0.2, 0.25) is 5.91 Å². The predicted octanol–water partition coefficient (Wildman–Crippen LogP) is 4.67. The van der Waals surface area contributed by atoms with Crippen LogP contribution in [0.4, 0.5) is 5.69 Å². The Morgan fingerprint density at radius 1 is 1.17 bits per heavy atom. The van der Waals surface area contributed by atoms with Crippen LogP contribution >= 0.6 is 23.4 Å². The third-order valence-corrected chi connectivity index (χ3v) is 6.43. The van der Waals surface area contributed by atoms with Crippen LogP contribution in [0, 0.1) is 5.92 Å². The zero-order valence-electron chi connectivity index (χ0n) is 19.8. The molecule has 188 valence electrons. The van der Waals surface area contributed by atoms with Gasteiger partial charge in [0.1, 0.15) is 0 Å². The molecule has 0 aliphatic rings. The molecule has 0 saturated heterocycles. The number of carbonyl (C=O) groups excluding carboxylic acids is 2. The Morgan fingerprint density at radius 3 is 2.58 bits per heavy atom. The van der Waals surface area contributed by atoms with Crippen LogP contribution in [0.2, 0.25) is 5.02 Å². The first-order chi connectivity index (χ1) is 17.2. The predicted molar refractivity (Wildman–Crippen MR) is 139 cm³/mol. The SMILES string of the molecule is C=CCn1c(SCC(=O)Nc2cccc(C(=O)O)c2)nnc1C(NC(=O)c1ccccc1Cl)C(C)C. The molecule has 11 heteroatoms. The quantitative estimate of drug-likeness (QED) is 0.244. The number of carboxylic acid groups (broad SMARTS) is 1. The molecule has 1 heterocycles. The van der Waals surface area contributed by atoms with Crippen LogP contribution in [0.5, 0.6) is 0 Å². The number of nitrogens with one attached hydrogen (secondary N) is 2. The Kier molecular flexibility index (Phi) is 9.26. The number of rotatable bonds is 11. The van der Waals surface area contributed by atoms with Gasteiger partial charge in [-0.15, -0.1) is 16.8 Å². The number of hydrogen-bond acceptors (Lipinski definition) is 6. The van der Waals surface area contributed by atoms with E-state index in [0.29, 0.717) is 33.8 Å². The van der Waals surface area contributed by atoms with Gasteiger partial charge in [-0.25, -0.2) is 4.79 Å². The van der Waals surface area contributed by atoms with E-state index in [2.05, 4.69) is 27.4 Å². The maximum atomic E-state index is 12.9. The fourth-order valence-electron chi connectivity index (χ4n) is 3.39. The fourth-order valence-corrected chi connectivity index (χ4v) is 4.36. The van der Waals surface area contributed by atoms with Gasteiger partial charge in [-0.3, -0.25) is 9.59 Å². The molecule has 0 saturated carbocycles. The van der Waals surface area contributed by atoms with Gasteiger partial charge in [0.25, 0.3) is 5.91 Å². The Morgan fingerprint density at radius 2 is 1.92 bits per heavy atom. The van der Waals surface area contributed by atoms with Gasteiger partial charge in [-0.2, -0.15) is 0 Å². The van der Waals surface area contributed by atoms with Gasteiger partial charge < -0.3 is 20.3 Å². The summed E-state index contributed by atoms with van der Waals surface area (Å²) in [5, 5.41) is 24.2. The summed E-state index contributed by atoms with van der Waals surface area (Å²) in [6.45, 7) is 8.08. The summed E-state index contributed by atoms with van der Waals surface area (Å²) in [7, 11) is 0. The van der Waals surface area contributed by atoms with Crippen molar-refractivity contribution < 1.29 is 19.5 Å². The van der Waals surface area contributed by atoms with Crippen molar-refractivity contribution in [1.29, 1.82) is 0 Å². The molecule has 9 nitrogen and oxygen atoms in total. The van der Waals surface area contributed by atoms with Gasteiger partial charge in [0.15, 0.2) is 11.0 Å². The Labute approximate surface area is 218 Å². The molecule has 1 atom stereocenters. The molecular formula is C25H26ClN5O4S. The zero-order chi connectivity index (χ0) is 26.2. The molecule has 0 fully saturated rings. The fraction of sp³-hybridized carbons (Fsp3) is 0.240. The largest absolute Gasteiger partial charge is 0.478 e. The first kappa shape index (κ1) is 27.0. The van der Waals surface area contributed by atoms with Gasteiger partial charge in [-0.1, -0.05) is 61.5 Å². The highest BCUT2D eigenvalue weighted by atomic mass is 35.5. The smallest absolute Gasteiger partial charge is 0.335 e. The van der Waals surface area contributed by atoms with Crippen molar-refractivity contribution in [2.75, 3.05) is 11.1 Å². The molecule has 0 aliphatic heterocycles. The third-order valence-electron chi connectivity index (χ3n) is 5.13. The number of nitrogens with zero attached hydrogens (tertiary/aromatic N) is 3. The molecule has 0 radical (unpaired) electrons. The average Bonchev–Trinajstić information content (AvgIpc) is 3.23. The van der Waals surface area contributed by atoms with E-state index >= 15 is 0 Å². The number of carbonyl (C=O) groups is 3. The number of carboxylic acids is 1. The summed E-state index contributed by atoms with van der Waals surface area (Å²) >= 11 is 7.36. The lowest BCUT2D eigenvalue weighted by Gasteiger charge is -2.23. The number of aromatic carboxylic acids is 1. The van der Waals surface area contributed by atoms with Gasteiger partial charge in [-0.05, 0) is 36.2 Å². The normalized spacial score (nSPS) is 11.7. The molecule has 36 heavy (non-hydrogen) atoms. The second kappa shape index (κ2) is 12.4. The number of anilines is 1. The number of halogens is 1. The number of thioether (sulfide) groups is 1. The molecule has 2 aromatic carbocycles. The average molecular weight is 528 g/mol. The lowest BCUT2D eigenvalue weighted by Crippen LogP contribution is -2.34. The Balaban J connectivity index is 1.75. The first-order valence-corrected chi connectivity index (χ1v) is 12.4. The minimum absolute atomic E-state index is 0.0188. The van der Waals surface area contributed by atoms with Crippen LogP contribution in [-0.2, 0) is 11.3 Å². The lowest BCUT2D eigenvalue weighted by atomic mass is 10.0. The standard InChI is InChI=1S/C25H26ClN5O4S/c1-4-12-31-22(21(15(2)3)28-23(33)18-10-5-6-11-19(18)26)29-30-25(31)36-14-20(32)27-17-9-7-8-16(13-17)24(34)35/h4-11,13,15,21H,1,12,14H2,2-3H3,(H,27,32)(H,28,33)(H,34,35). The molecular weight excluding hydrogens is 502 g/mol. The molecule has 0 spiro atoms. The zero-order valence-corrected chi connectivity index (χ0v) is 21.3. The van der Waals surface area contributed by atoms with Crippen LogP contribution < -0.4 is 10.6 Å². The third kappa shape index (κ3) is 6.73. The van der Waals surface area contributed by atoms with Crippen LogP contribution in [0.1, 0.15) is 46.4 Å². The molecule has 3 N–H and O–H groups in total. The van der Waals surface area contributed by atoms with E-state index in [9.17, 15) is 14.4 Å². The second-order valence-corrected chi connectivity index (χ2v) is 9.49. The Hall–Kier alpha value is -3.63. The number of allylic oxidation sites excluding steroid dienone is 1. The van der Waals surface area contributed by atoms with E-state index in [-0.39, 0.29) is 29.0 Å². The molecule has 1 aromatic heterocycles. The highest BCUT2D eigenvalue weighted by molar-refractivity contribution is 7.99. The molecule has 3 rings (SSSR count). The van der Waals surface area contributed by atoms with Crippen molar-refractivity contribution in [2.45, 2.75) is 31.6 Å². The van der Waals surface area contributed by atoms with Crippen LogP contribution in [0.25, 0.3) is 0 Å². The summed E-state index contributed by atoms with van der Waals surface area (Å²) in [6, 6.07) is 12.3. The van der Waals surface area contributed by atoms with E-state index in [1.165, 1.54) is 23.9 Å². The van der Waals surface area contributed by atoms with E-state index in [4.69, 9.17) is 16.7 Å². The summed E-state index contributed by atoms with van der Waals surface area (Å²) in [5.74, 6) is -1.21. The van der Waals surface area contributed by atoms with Gasteiger partial charge in [0, 0.05) is 12.2 Å². The summed E-state index contributed by atoms with van der Waals surface area (Å²) in [4.78, 5) is 36.6. The number of amides is 2. The number of benzene rings is 2. The Bertz CT molecular complexity index is 1280. The number of aromatic nitrogens is 3. The van der Waals surface area contributed by atoms with Crippen molar-refractivity contribution in [2.24, 2.45) is 5.92 Å². The summed E-state index contributed by atoms with van der Waals surface area (Å²) in [5.41, 5.74) is 0.822. The second-order valence-electron chi connectivity index (χ2n) is 8.14.